The first-order valence-corrected chi connectivity index (χ1v) is 6.95. The Balaban J connectivity index is 1.71. The molecule has 0 saturated carbocycles. The molecule has 0 amide bonds. The van der Waals surface area contributed by atoms with Gasteiger partial charge in [0.25, 0.3) is 0 Å². The molecule has 5 heteroatoms. The van der Waals surface area contributed by atoms with Crippen molar-refractivity contribution in [1.29, 1.82) is 0 Å². The van der Waals surface area contributed by atoms with Gasteiger partial charge in [0, 0.05) is 37.1 Å². The maximum Gasteiger partial charge on any atom is 0.205 e. The van der Waals surface area contributed by atoms with Crippen LogP contribution in [0.1, 0.15) is 25.6 Å². The van der Waals surface area contributed by atoms with Gasteiger partial charge in [-0.1, -0.05) is 6.92 Å². The minimum Gasteiger partial charge on any atom is -0.346 e. The van der Waals surface area contributed by atoms with Gasteiger partial charge >= 0.3 is 0 Å². The molecule has 1 aromatic rings. The fourth-order valence-corrected chi connectivity index (χ4v) is 3.52. The fourth-order valence-electron chi connectivity index (χ4n) is 2.74. The zero-order valence-electron chi connectivity index (χ0n) is 9.65. The molecule has 0 bridgehead atoms. The van der Waals surface area contributed by atoms with Gasteiger partial charge in [0.2, 0.25) is 5.13 Å². The Hall–Kier alpha value is -0.680. The monoisotopic (exact) mass is 238 g/mol. The van der Waals surface area contributed by atoms with Crippen LogP contribution in [0.4, 0.5) is 5.13 Å². The molecule has 4 nitrogen and oxygen atoms in total. The quantitative estimate of drug-likeness (QED) is 0.843. The Morgan fingerprint density at radius 3 is 3.25 bits per heavy atom. The number of anilines is 1. The average Bonchev–Trinajstić information content (AvgIpc) is 2.96. The number of nitrogens with zero attached hydrogens (tertiary/aromatic N) is 3. The van der Waals surface area contributed by atoms with Gasteiger partial charge in [0.1, 0.15) is 5.82 Å². The molecule has 0 spiro atoms. The molecule has 2 unspecified atom stereocenters. The van der Waals surface area contributed by atoms with E-state index < -0.39 is 0 Å². The summed E-state index contributed by atoms with van der Waals surface area (Å²) in [6.45, 7) is 5.60. The number of hydrogen-bond acceptors (Lipinski definition) is 5. The summed E-state index contributed by atoms with van der Waals surface area (Å²) in [5, 5.41) is 4.71. The van der Waals surface area contributed by atoms with Crippen molar-refractivity contribution in [2.24, 2.45) is 5.92 Å². The predicted octanol–water partition coefficient (Wildman–Crippen LogP) is 1.29. The van der Waals surface area contributed by atoms with Crippen molar-refractivity contribution >= 4 is 16.7 Å². The summed E-state index contributed by atoms with van der Waals surface area (Å²) < 4.78 is 4.37. The summed E-state index contributed by atoms with van der Waals surface area (Å²) in [7, 11) is 0. The zero-order chi connectivity index (χ0) is 11.0. The van der Waals surface area contributed by atoms with Crippen LogP contribution in [0, 0.1) is 5.92 Å². The number of hydrogen-bond donors (Lipinski definition) is 1. The summed E-state index contributed by atoms with van der Waals surface area (Å²) >= 11 is 1.56. The van der Waals surface area contributed by atoms with E-state index in [0.29, 0.717) is 0 Å². The zero-order valence-corrected chi connectivity index (χ0v) is 10.5. The SMILES string of the molecule is CCc1nsc(N2CCC3NCCC3C2)n1. The molecule has 0 radical (unpaired) electrons. The minimum atomic E-state index is 0.759. The fraction of sp³-hybridized carbons (Fsp3) is 0.818. The summed E-state index contributed by atoms with van der Waals surface area (Å²) in [4.78, 5) is 7.00. The summed E-state index contributed by atoms with van der Waals surface area (Å²) in [5.74, 6) is 1.81. The highest BCUT2D eigenvalue weighted by molar-refractivity contribution is 7.09. The van der Waals surface area contributed by atoms with Gasteiger partial charge in [0.15, 0.2) is 0 Å². The molecule has 1 aromatic heterocycles. The van der Waals surface area contributed by atoms with E-state index in [4.69, 9.17) is 0 Å². The third kappa shape index (κ3) is 1.82. The van der Waals surface area contributed by atoms with Crippen molar-refractivity contribution < 1.29 is 0 Å². The van der Waals surface area contributed by atoms with Crippen LogP contribution in [0.25, 0.3) is 0 Å². The number of aromatic nitrogens is 2. The van der Waals surface area contributed by atoms with Gasteiger partial charge in [-0.2, -0.15) is 4.37 Å². The Morgan fingerprint density at radius 1 is 1.50 bits per heavy atom. The van der Waals surface area contributed by atoms with Gasteiger partial charge < -0.3 is 10.2 Å². The molecule has 2 fully saturated rings. The lowest BCUT2D eigenvalue weighted by atomic mass is 9.94. The van der Waals surface area contributed by atoms with Gasteiger partial charge in [-0.25, -0.2) is 4.98 Å². The first kappa shape index (κ1) is 10.5. The van der Waals surface area contributed by atoms with Gasteiger partial charge in [0.05, 0.1) is 0 Å². The number of aryl methyl sites for hydroxylation is 1. The van der Waals surface area contributed by atoms with Crippen molar-refractivity contribution in [2.45, 2.75) is 32.2 Å². The molecule has 3 rings (SSSR count). The van der Waals surface area contributed by atoms with Crippen LogP contribution < -0.4 is 10.2 Å². The van der Waals surface area contributed by atoms with Crippen LogP contribution in [0.15, 0.2) is 0 Å². The Labute approximate surface area is 100 Å². The summed E-state index contributed by atoms with van der Waals surface area (Å²) in [6, 6.07) is 0.759. The summed E-state index contributed by atoms with van der Waals surface area (Å²) in [6.07, 6.45) is 3.52. The number of rotatable bonds is 2. The highest BCUT2D eigenvalue weighted by Gasteiger charge is 2.33. The van der Waals surface area contributed by atoms with E-state index in [1.54, 1.807) is 11.5 Å². The molecule has 0 aromatic carbocycles. The largest absolute Gasteiger partial charge is 0.346 e. The highest BCUT2D eigenvalue weighted by Crippen LogP contribution is 2.29. The number of piperidine rings is 1. The lowest BCUT2D eigenvalue weighted by Crippen LogP contribution is -2.44. The van der Waals surface area contributed by atoms with Crippen LogP contribution in [-0.2, 0) is 6.42 Å². The third-order valence-electron chi connectivity index (χ3n) is 3.70. The molecular formula is C11H18N4S. The smallest absolute Gasteiger partial charge is 0.205 e. The first-order valence-electron chi connectivity index (χ1n) is 6.17. The molecular weight excluding hydrogens is 220 g/mol. The first-order chi connectivity index (χ1) is 7.86. The number of fused-ring (bicyclic) bond motifs is 1. The second-order valence-electron chi connectivity index (χ2n) is 4.69. The molecule has 1 N–H and O–H groups in total. The molecule has 2 saturated heterocycles. The van der Waals surface area contributed by atoms with E-state index in [9.17, 15) is 0 Å². The topological polar surface area (TPSA) is 41.1 Å². The maximum absolute atomic E-state index is 4.58. The average molecular weight is 238 g/mol. The van der Waals surface area contributed by atoms with Crippen molar-refractivity contribution in [1.82, 2.24) is 14.7 Å². The highest BCUT2D eigenvalue weighted by atomic mass is 32.1. The lowest BCUT2D eigenvalue weighted by Gasteiger charge is -2.34. The standard InChI is InChI=1S/C11H18N4S/c1-2-10-13-11(16-14-10)15-6-4-9-8(7-15)3-5-12-9/h8-9,12H,2-7H2,1H3. The van der Waals surface area contributed by atoms with Gasteiger partial charge in [-0.3, -0.25) is 0 Å². The van der Waals surface area contributed by atoms with E-state index in [1.165, 1.54) is 19.4 Å². The molecule has 16 heavy (non-hydrogen) atoms. The van der Waals surface area contributed by atoms with E-state index in [0.717, 1.165) is 42.4 Å². The van der Waals surface area contributed by atoms with E-state index in [1.807, 2.05) is 0 Å². The number of nitrogens with one attached hydrogen (secondary N) is 1. The second kappa shape index (κ2) is 4.30. The van der Waals surface area contributed by atoms with E-state index >= 15 is 0 Å². The van der Waals surface area contributed by atoms with Crippen LogP contribution >= 0.6 is 11.5 Å². The normalized spacial score (nSPS) is 29.4. The van der Waals surface area contributed by atoms with Crippen molar-refractivity contribution in [2.75, 3.05) is 24.5 Å². The molecule has 2 aliphatic heterocycles. The predicted molar refractivity (Wildman–Crippen MR) is 66.0 cm³/mol. The van der Waals surface area contributed by atoms with Crippen molar-refractivity contribution in [3.05, 3.63) is 5.82 Å². The molecule has 2 aliphatic rings. The van der Waals surface area contributed by atoms with Crippen molar-refractivity contribution in [3.8, 4) is 0 Å². The molecule has 3 heterocycles. The lowest BCUT2D eigenvalue weighted by molar-refractivity contribution is 0.376. The van der Waals surface area contributed by atoms with E-state index in [2.05, 4.69) is 26.5 Å². The Kier molecular flexibility index (Phi) is 2.81. The van der Waals surface area contributed by atoms with Gasteiger partial charge in [-0.05, 0) is 25.3 Å². The van der Waals surface area contributed by atoms with Crippen LogP contribution in [0.2, 0.25) is 0 Å². The van der Waals surface area contributed by atoms with Gasteiger partial charge in [-0.15, -0.1) is 0 Å². The Bertz CT molecular complexity index is 365. The van der Waals surface area contributed by atoms with Crippen LogP contribution in [0.5, 0.6) is 0 Å². The van der Waals surface area contributed by atoms with Crippen molar-refractivity contribution in [3.63, 3.8) is 0 Å². The minimum absolute atomic E-state index is 0.759. The summed E-state index contributed by atoms with van der Waals surface area (Å²) in [5.41, 5.74) is 0. The van der Waals surface area contributed by atoms with E-state index in [-0.39, 0.29) is 0 Å². The molecule has 2 atom stereocenters. The third-order valence-corrected chi connectivity index (χ3v) is 4.51. The molecule has 88 valence electrons. The van der Waals surface area contributed by atoms with Crippen LogP contribution in [0.3, 0.4) is 0 Å². The maximum atomic E-state index is 4.58. The van der Waals surface area contributed by atoms with Crippen LogP contribution in [-0.4, -0.2) is 35.0 Å². The second-order valence-corrected chi connectivity index (χ2v) is 5.42. The molecule has 0 aliphatic carbocycles. The Morgan fingerprint density at radius 2 is 2.44 bits per heavy atom.